The second-order valence-corrected chi connectivity index (χ2v) is 10.0. The van der Waals surface area contributed by atoms with Crippen LogP contribution in [-0.4, -0.2) is 27.6 Å². The van der Waals surface area contributed by atoms with E-state index in [0.29, 0.717) is 11.7 Å². The van der Waals surface area contributed by atoms with Crippen LogP contribution in [0.15, 0.2) is 32.9 Å². The molecule has 1 amide bonds. The van der Waals surface area contributed by atoms with E-state index in [1.165, 1.54) is 22.9 Å². The van der Waals surface area contributed by atoms with Crippen molar-refractivity contribution in [2.75, 3.05) is 11.5 Å². The van der Waals surface area contributed by atoms with Gasteiger partial charge in [0, 0.05) is 5.75 Å². The lowest BCUT2D eigenvalue weighted by molar-refractivity contribution is -0.119. The average molecular weight is 394 g/mol. The molecule has 2 aromatic rings. The Kier molecular flexibility index (Phi) is 6.78. The molecule has 0 fully saturated rings. The molecule has 1 aromatic carbocycles. The fourth-order valence-electron chi connectivity index (χ4n) is 2.82. The number of amides is 1. The molecule has 1 N–H and O–H groups in total. The van der Waals surface area contributed by atoms with Gasteiger partial charge in [-0.25, -0.2) is 0 Å². The zero-order valence-electron chi connectivity index (χ0n) is 14.5. The molecule has 25 heavy (non-hydrogen) atoms. The summed E-state index contributed by atoms with van der Waals surface area (Å²) in [5, 5.41) is 11.6. The van der Waals surface area contributed by atoms with Crippen molar-refractivity contribution in [1.29, 1.82) is 0 Å². The summed E-state index contributed by atoms with van der Waals surface area (Å²) < 4.78 is 1.85. The molecule has 0 radical (unpaired) electrons. The molecule has 0 saturated carbocycles. The molecule has 1 aliphatic rings. The predicted octanol–water partition coefficient (Wildman–Crippen LogP) is 4.57. The number of nitrogens with one attached hydrogen (secondary N) is 1. The lowest BCUT2D eigenvalue weighted by Gasteiger charge is -2.26. The van der Waals surface area contributed by atoms with Crippen molar-refractivity contribution in [2.24, 2.45) is 5.92 Å². The molecule has 134 valence electrons. The van der Waals surface area contributed by atoms with Gasteiger partial charge in [-0.05, 0) is 36.3 Å². The molecular formula is C18H23N3OS3. The molecule has 0 aliphatic heterocycles. The molecule has 0 saturated heterocycles. The number of thioether (sulfide) groups is 2. The van der Waals surface area contributed by atoms with Gasteiger partial charge in [-0.3, -0.25) is 4.79 Å². The van der Waals surface area contributed by atoms with Crippen molar-refractivity contribution in [3.8, 4) is 0 Å². The van der Waals surface area contributed by atoms with Crippen molar-refractivity contribution in [3.63, 3.8) is 0 Å². The van der Waals surface area contributed by atoms with Gasteiger partial charge in [-0.15, -0.1) is 10.2 Å². The van der Waals surface area contributed by atoms with Gasteiger partial charge < -0.3 is 5.32 Å². The van der Waals surface area contributed by atoms with E-state index in [-0.39, 0.29) is 11.9 Å². The van der Waals surface area contributed by atoms with E-state index < -0.39 is 0 Å². The van der Waals surface area contributed by atoms with E-state index >= 15 is 0 Å². The number of aryl methyl sites for hydroxylation is 1. The Labute approximate surface area is 161 Å². The average Bonchev–Trinajstić information content (AvgIpc) is 3.06. The topological polar surface area (TPSA) is 54.9 Å². The first-order valence-corrected chi connectivity index (χ1v) is 11.4. The maximum absolute atomic E-state index is 12.3. The SMILES string of the molecule is CC(C)CSc1nnc(SCC(=O)N[C@H]2CCCc3ccccc32)s1. The fourth-order valence-corrected chi connectivity index (χ4v) is 5.63. The molecular weight excluding hydrogens is 370 g/mol. The quantitative estimate of drug-likeness (QED) is 0.698. The Bertz CT molecular complexity index is 717. The number of carbonyl (C=O) groups excluding carboxylic acids is 1. The second kappa shape index (κ2) is 9.05. The van der Waals surface area contributed by atoms with Crippen LogP contribution in [0.5, 0.6) is 0 Å². The van der Waals surface area contributed by atoms with Crippen LogP contribution in [0.4, 0.5) is 0 Å². The highest BCUT2D eigenvalue weighted by Gasteiger charge is 2.21. The van der Waals surface area contributed by atoms with Gasteiger partial charge in [0.25, 0.3) is 0 Å². The number of benzene rings is 1. The van der Waals surface area contributed by atoms with Crippen molar-refractivity contribution >= 4 is 40.8 Å². The fraction of sp³-hybridized carbons (Fsp3) is 0.500. The van der Waals surface area contributed by atoms with Crippen LogP contribution in [0.2, 0.25) is 0 Å². The molecule has 0 unspecified atom stereocenters. The first-order valence-electron chi connectivity index (χ1n) is 8.58. The summed E-state index contributed by atoms with van der Waals surface area (Å²) in [5.74, 6) is 2.13. The molecule has 1 heterocycles. The van der Waals surface area contributed by atoms with Crippen molar-refractivity contribution < 1.29 is 4.79 Å². The number of aromatic nitrogens is 2. The highest BCUT2D eigenvalue weighted by Crippen LogP contribution is 2.31. The number of fused-ring (bicyclic) bond motifs is 1. The zero-order chi connectivity index (χ0) is 17.6. The standard InChI is InChI=1S/C18H23N3OS3/c1-12(2)10-23-17-20-21-18(25-17)24-11-16(22)19-15-9-5-7-13-6-3-4-8-14(13)15/h3-4,6,8,12,15H,5,7,9-11H2,1-2H3,(H,19,22)/t15-/m0/s1. The normalized spacial score (nSPS) is 16.7. The number of nitrogens with zero attached hydrogens (tertiary/aromatic N) is 2. The maximum Gasteiger partial charge on any atom is 0.230 e. The largest absolute Gasteiger partial charge is 0.349 e. The number of hydrogen-bond acceptors (Lipinski definition) is 6. The highest BCUT2D eigenvalue weighted by atomic mass is 32.2. The minimum absolute atomic E-state index is 0.0679. The van der Waals surface area contributed by atoms with Gasteiger partial charge >= 0.3 is 0 Å². The third-order valence-electron chi connectivity index (χ3n) is 3.96. The summed E-state index contributed by atoms with van der Waals surface area (Å²) in [5.41, 5.74) is 2.64. The van der Waals surface area contributed by atoms with Crippen LogP contribution in [0.3, 0.4) is 0 Å². The Morgan fingerprint density at radius 1 is 1.28 bits per heavy atom. The minimum atomic E-state index is 0.0679. The number of rotatable bonds is 7. The maximum atomic E-state index is 12.3. The highest BCUT2D eigenvalue weighted by molar-refractivity contribution is 8.03. The molecule has 1 aromatic heterocycles. The summed E-state index contributed by atoms with van der Waals surface area (Å²) in [6.45, 7) is 4.38. The Hall–Kier alpha value is -1.05. The van der Waals surface area contributed by atoms with E-state index in [9.17, 15) is 4.79 Å². The van der Waals surface area contributed by atoms with Crippen molar-refractivity contribution in [3.05, 3.63) is 35.4 Å². The van der Waals surface area contributed by atoms with Crippen LogP contribution < -0.4 is 5.32 Å². The summed E-state index contributed by atoms with van der Waals surface area (Å²) in [6.07, 6.45) is 3.25. The molecule has 0 spiro atoms. The Balaban J connectivity index is 1.49. The van der Waals surface area contributed by atoms with Crippen molar-refractivity contribution in [1.82, 2.24) is 15.5 Å². The van der Waals surface area contributed by atoms with Crippen LogP contribution in [0, 0.1) is 5.92 Å². The molecule has 4 nitrogen and oxygen atoms in total. The van der Waals surface area contributed by atoms with Gasteiger partial charge in [0.05, 0.1) is 11.8 Å². The minimum Gasteiger partial charge on any atom is -0.349 e. The monoisotopic (exact) mass is 393 g/mol. The van der Waals surface area contributed by atoms with Crippen LogP contribution in [-0.2, 0) is 11.2 Å². The van der Waals surface area contributed by atoms with Crippen LogP contribution in [0.25, 0.3) is 0 Å². The van der Waals surface area contributed by atoms with E-state index in [2.05, 4.69) is 53.6 Å². The third-order valence-corrected chi connectivity index (χ3v) is 7.58. The summed E-state index contributed by atoms with van der Waals surface area (Å²) in [6, 6.07) is 8.57. The molecule has 3 rings (SSSR count). The van der Waals surface area contributed by atoms with E-state index in [1.54, 1.807) is 23.1 Å². The third kappa shape index (κ3) is 5.46. The Morgan fingerprint density at radius 2 is 2.04 bits per heavy atom. The molecule has 7 heteroatoms. The summed E-state index contributed by atoms with van der Waals surface area (Å²) in [7, 11) is 0. The van der Waals surface area contributed by atoms with Gasteiger partial charge in [0.2, 0.25) is 5.91 Å². The van der Waals surface area contributed by atoms with Gasteiger partial charge in [-0.1, -0.05) is 73.0 Å². The van der Waals surface area contributed by atoms with Crippen LogP contribution in [0.1, 0.15) is 43.9 Å². The Morgan fingerprint density at radius 3 is 2.84 bits per heavy atom. The summed E-state index contributed by atoms with van der Waals surface area (Å²) in [4.78, 5) is 12.3. The number of carbonyl (C=O) groups is 1. The number of hydrogen-bond donors (Lipinski definition) is 1. The molecule has 1 aliphatic carbocycles. The first-order chi connectivity index (χ1) is 12.1. The van der Waals surface area contributed by atoms with E-state index in [1.807, 2.05) is 0 Å². The predicted molar refractivity (Wildman–Crippen MR) is 106 cm³/mol. The molecule has 0 bridgehead atoms. The zero-order valence-corrected chi connectivity index (χ0v) is 17.0. The van der Waals surface area contributed by atoms with Gasteiger partial charge in [0.15, 0.2) is 8.68 Å². The van der Waals surface area contributed by atoms with Crippen molar-refractivity contribution in [2.45, 2.75) is 47.8 Å². The summed E-state index contributed by atoms with van der Waals surface area (Å²) >= 11 is 4.78. The second-order valence-electron chi connectivity index (χ2n) is 6.54. The van der Waals surface area contributed by atoms with E-state index in [4.69, 9.17) is 0 Å². The molecule has 1 atom stereocenters. The van der Waals surface area contributed by atoms with Gasteiger partial charge in [0.1, 0.15) is 0 Å². The lowest BCUT2D eigenvalue weighted by Crippen LogP contribution is -2.32. The lowest BCUT2D eigenvalue weighted by atomic mass is 9.88. The smallest absolute Gasteiger partial charge is 0.230 e. The first kappa shape index (κ1) is 18.7. The van der Waals surface area contributed by atoms with Crippen LogP contribution >= 0.6 is 34.9 Å². The van der Waals surface area contributed by atoms with Gasteiger partial charge in [-0.2, -0.15) is 0 Å². The van der Waals surface area contributed by atoms with E-state index in [0.717, 1.165) is 33.7 Å².